The predicted molar refractivity (Wildman–Crippen MR) is 255 cm³/mol. The molecule has 0 aliphatic heterocycles. The molecule has 0 radical (unpaired) electrons. The van der Waals surface area contributed by atoms with Gasteiger partial charge in [0.15, 0.2) is 8.07 Å². The number of para-hydroxylation sites is 2. The van der Waals surface area contributed by atoms with Crippen LogP contribution in [0.4, 0.5) is 0 Å². The Morgan fingerprint density at radius 3 is 1.53 bits per heavy atom. The molecule has 0 saturated heterocycles. The molecule has 0 bridgehead atoms. The van der Waals surface area contributed by atoms with Crippen molar-refractivity contribution in [2.45, 2.75) is 0 Å². The van der Waals surface area contributed by atoms with E-state index in [1.807, 2.05) is 48.5 Å². The summed E-state index contributed by atoms with van der Waals surface area (Å²) in [7, 11) is -3.00. The topological polar surface area (TPSA) is 70.6 Å². The second-order valence-electron chi connectivity index (χ2n) is 15.9. The number of nitrogens with zero attached hydrogens (tertiary/aromatic N) is 4. The number of fused-ring (bicyclic) bond motifs is 9. The zero-order chi connectivity index (χ0) is 41.4. The lowest BCUT2D eigenvalue weighted by Crippen LogP contribution is -2.74. The van der Waals surface area contributed by atoms with E-state index in [0.717, 1.165) is 66.2 Å². The van der Waals surface area contributed by atoms with Crippen molar-refractivity contribution in [3.05, 3.63) is 217 Å². The van der Waals surface area contributed by atoms with Gasteiger partial charge in [-0.3, -0.25) is 0 Å². The van der Waals surface area contributed by atoms with Gasteiger partial charge in [0.05, 0.1) is 45.3 Å². The standard InChI is InChI=1S/C56H34N4OSi/c57-35-37-22-28-52-47(30-37)48-31-38(36-58)23-29-53(48)60(52)40-12-11-17-44(32-40)62(41-13-3-1-4-14-41,42-15-5-2-6-16-42)43-26-24-39(25-27-43)59-51-20-9-7-18-45(51)49-33-50-46-19-8-10-21-55(46)61-56(50)34-54(49)59/h1-34H. The van der Waals surface area contributed by atoms with Gasteiger partial charge in [-0.1, -0.05) is 121 Å². The monoisotopic (exact) mass is 806 g/mol. The molecule has 12 rings (SSSR count). The molecule has 0 fully saturated rings. The van der Waals surface area contributed by atoms with Crippen molar-refractivity contribution in [2.24, 2.45) is 0 Å². The third kappa shape index (κ3) is 5.18. The summed E-state index contributed by atoms with van der Waals surface area (Å²) >= 11 is 0. The van der Waals surface area contributed by atoms with Gasteiger partial charge in [0.2, 0.25) is 0 Å². The summed E-state index contributed by atoms with van der Waals surface area (Å²) in [5.41, 5.74) is 9.22. The van der Waals surface area contributed by atoms with Crippen molar-refractivity contribution < 1.29 is 4.42 Å². The van der Waals surface area contributed by atoms with E-state index in [-0.39, 0.29) is 0 Å². The van der Waals surface area contributed by atoms with Gasteiger partial charge in [-0.25, -0.2) is 0 Å². The average Bonchev–Trinajstić information content (AvgIpc) is 3.98. The summed E-state index contributed by atoms with van der Waals surface area (Å²) in [5.74, 6) is 0. The highest BCUT2D eigenvalue weighted by molar-refractivity contribution is 7.19. The van der Waals surface area contributed by atoms with Gasteiger partial charge in [0.1, 0.15) is 11.2 Å². The maximum Gasteiger partial charge on any atom is 0.179 e. The van der Waals surface area contributed by atoms with E-state index in [1.54, 1.807) is 0 Å². The number of benzene rings is 9. The number of hydrogen-bond donors (Lipinski definition) is 0. The van der Waals surface area contributed by atoms with Gasteiger partial charge < -0.3 is 13.6 Å². The molecule has 0 unspecified atom stereocenters. The van der Waals surface area contributed by atoms with Crippen LogP contribution in [0.2, 0.25) is 0 Å². The van der Waals surface area contributed by atoms with E-state index in [9.17, 15) is 10.5 Å². The van der Waals surface area contributed by atoms with E-state index in [4.69, 9.17) is 4.42 Å². The molecule has 5 nitrogen and oxygen atoms in total. The first-order valence-electron chi connectivity index (χ1n) is 20.7. The quantitative estimate of drug-likeness (QED) is 0.124. The zero-order valence-corrected chi connectivity index (χ0v) is 34.3. The lowest BCUT2D eigenvalue weighted by molar-refractivity contribution is 0.669. The molecule has 0 N–H and O–H groups in total. The second kappa shape index (κ2) is 13.8. The highest BCUT2D eigenvalue weighted by Gasteiger charge is 2.41. The van der Waals surface area contributed by atoms with Crippen molar-refractivity contribution in [3.63, 3.8) is 0 Å². The van der Waals surface area contributed by atoms with Crippen molar-refractivity contribution in [1.82, 2.24) is 9.13 Å². The molecule has 0 saturated carbocycles. The Morgan fingerprint density at radius 2 is 0.871 bits per heavy atom. The molecule has 3 aromatic heterocycles. The van der Waals surface area contributed by atoms with Crippen LogP contribution in [0.15, 0.2) is 211 Å². The van der Waals surface area contributed by atoms with Crippen molar-refractivity contribution >= 4 is 94.4 Å². The fourth-order valence-corrected chi connectivity index (χ4v) is 14.8. The molecule has 6 heteroatoms. The molecule has 288 valence electrons. The minimum atomic E-state index is -3.00. The van der Waals surface area contributed by atoms with Gasteiger partial charge in [-0.2, -0.15) is 10.5 Å². The van der Waals surface area contributed by atoms with Gasteiger partial charge in [0, 0.05) is 49.8 Å². The molecule has 3 heterocycles. The van der Waals surface area contributed by atoms with Crippen molar-refractivity contribution in [2.75, 3.05) is 0 Å². The molecular formula is C56H34N4OSi. The minimum Gasteiger partial charge on any atom is -0.456 e. The first-order valence-corrected chi connectivity index (χ1v) is 22.7. The number of furan rings is 1. The third-order valence-corrected chi connectivity index (χ3v) is 17.5. The van der Waals surface area contributed by atoms with Crippen LogP contribution < -0.4 is 20.7 Å². The van der Waals surface area contributed by atoms with Crippen LogP contribution >= 0.6 is 0 Å². The van der Waals surface area contributed by atoms with Crippen LogP contribution in [-0.2, 0) is 0 Å². The highest BCUT2D eigenvalue weighted by Crippen LogP contribution is 2.38. The smallest absolute Gasteiger partial charge is 0.179 e. The summed E-state index contributed by atoms with van der Waals surface area (Å²) in [6, 6.07) is 77.9. The molecule has 0 atom stereocenters. The normalized spacial score (nSPS) is 11.8. The largest absolute Gasteiger partial charge is 0.456 e. The summed E-state index contributed by atoms with van der Waals surface area (Å²) in [6.07, 6.45) is 0. The van der Waals surface area contributed by atoms with Gasteiger partial charge in [-0.05, 0) is 99.6 Å². The summed E-state index contributed by atoms with van der Waals surface area (Å²) in [5, 5.41) is 31.3. The number of aromatic nitrogens is 2. The number of hydrogen-bond acceptors (Lipinski definition) is 3. The average molecular weight is 807 g/mol. The van der Waals surface area contributed by atoms with Crippen LogP contribution in [0.3, 0.4) is 0 Å². The Morgan fingerprint density at radius 1 is 0.339 bits per heavy atom. The van der Waals surface area contributed by atoms with E-state index in [1.165, 1.54) is 31.5 Å². The SMILES string of the molecule is N#Cc1ccc2c(c1)c1cc(C#N)ccc1n2-c1cccc([Si](c2ccccc2)(c2ccccc2)c2ccc(-n3c4ccccc4c4cc5c(cc43)oc3ccccc35)cc2)c1. The summed E-state index contributed by atoms with van der Waals surface area (Å²) in [4.78, 5) is 0. The number of nitriles is 2. The Labute approximate surface area is 357 Å². The van der Waals surface area contributed by atoms with Crippen LogP contribution in [0.1, 0.15) is 11.1 Å². The summed E-state index contributed by atoms with van der Waals surface area (Å²) in [6.45, 7) is 0. The zero-order valence-electron chi connectivity index (χ0n) is 33.3. The minimum absolute atomic E-state index is 0.583. The second-order valence-corrected chi connectivity index (χ2v) is 19.7. The predicted octanol–water partition coefficient (Wildman–Crippen LogP) is 10.9. The van der Waals surface area contributed by atoms with E-state index >= 15 is 0 Å². The van der Waals surface area contributed by atoms with Crippen molar-refractivity contribution in [3.8, 4) is 23.5 Å². The van der Waals surface area contributed by atoms with Crippen LogP contribution in [0.25, 0.3) is 76.9 Å². The van der Waals surface area contributed by atoms with Gasteiger partial charge >= 0.3 is 0 Å². The molecule has 9 aromatic carbocycles. The van der Waals surface area contributed by atoms with Crippen molar-refractivity contribution in [1.29, 1.82) is 10.5 Å². The fourth-order valence-electron chi connectivity index (χ4n) is 10.0. The molecule has 0 aliphatic rings. The molecule has 0 spiro atoms. The maximum absolute atomic E-state index is 9.86. The molecule has 62 heavy (non-hydrogen) atoms. The molecular weight excluding hydrogens is 773 g/mol. The Hall–Kier alpha value is -8.42. The third-order valence-electron chi connectivity index (χ3n) is 12.7. The molecule has 0 aliphatic carbocycles. The van der Waals surface area contributed by atoms with E-state index in [0.29, 0.717) is 11.1 Å². The summed E-state index contributed by atoms with van der Waals surface area (Å²) < 4.78 is 11.1. The van der Waals surface area contributed by atoms with E-state index < -0.39 is 8.07 Å². The van der Waals surface area contributed by atoms with Gasteiger partial charge in [0.25, 0.3) is 0 Å². The molecule has 0 amide bonds. The first-order chi connectivity index (χ1) is 30.6. The van der Waals surface area contributed by atoms with Crippen LogP contribution in [0.5, 0.6) is 0 Å². The molecule has 12 aromatic rings. The maximum atomic E-state index is 9.86. The Kier molecular flexibility index (Phi) is 7.92. The fraction of sp³-hybridized carbons (Fsp3) is 0. The first kappa shape index (κ1) is 35.5. The number of rotatable bonds is 6. The lowest BCUT2D eigenvalue weighted by Gasteiger charge is -2.35. The van der Waals surface area contributed by atoms with Crippen LogP contribution in [0, 0.1) is 22.7 Å². The van der Waals surface area contributed by atoms with Crippen LogP contribution in [-0.4, -0.2) is 17.2 Å². The Balaban J connectivity index is 1.09. The van der Waals surface area contributed by atoms with Gasteiger partial charge in [-0.15, -0.1) is 0 Å². The van der Waals surface area contributed by atoms with E-state index in [2.05, 4.69) is 179 Å². The highest BCUT2D eigenvalue weighted by atomic mass is 28.3. The lowest BCUT2D eigenvalue weighted by atomic mass is 10.1. The Bertz CT molecular complexity index is 3720.